The molecule has 4 nitrogen and oxygen atoms in total. The lowest BCUT2D eigenvalue weighted by Gasteiger charge is -2.15. The van der Waals surface area contributed by atoms with Crippen LogP contribution in [0.2, 0.25) is 0 Å². The average Bonchev–Trinajstić information content (AvgIpc) is 3.04. The maximum atomic E-state index is 12.7. The molecular formula is C15H16F6N2O2. The number of ether oxygens (including phenoxy) is 1. The summed E-state index contributed by atoms with van der Waals surface area (Å²) in [6, 6.07) is 0.691. The molecule has 1 atom stereocenters. The van der Waals surface area contributed by atoms with Crippen molar-refractivity contribution in [3.63, 3.8) is 0 Å². The van der Waals surface area contributed by atoms with Gasteiger partial charge < -0.3 is 15.4 Å². The number of carbonyl (C=O) groups excluding carboxylic acids is 1. The van der Waals surface area contributed by atoms with Crippen molar-refractivity contribution in [2.24, 2.45) is 0 Å². The number of alkyl halides is 6. The van der Waals surface area contributed by atoms with Gasteiger partial charge in [0, 0.05) is 0 Å². The van der Waals surface area contributed by atoms with E-state index >= 15 is 0 Å². The van der Waals surface area contributed by atoms with Gasteiger partial charge in [0.1, 0.15) is 12.4 Å². The first-order chi connectivity index (χ1) is 11.6. The van der Waals surface area contributed by atoms with Gasteiger partial charge in [0.05, 0.1) is 23.7 Å². The highest BCUT2D eigenvalue weighted by Gasteiger charge is 2.37. The van der Waals surface area contributed by atoms with Gasteiger partial charge >= 0.3 is 12.4 Å². The molecule has 1 saturated heterocycles. The van der Waals surface area contributed by atoms with E-state index in [-0.39, 0.29) is 31.2 Å². The zero-order valence-electron chi connectivity index (χ0n) is 12.9. The van der Waals surface area contributed by atoms with Crippen LogP contribution in [0.1, 0.15) is 24.0 Å². The Balaban J connectivity index is 1.97. The van der Waals surface area contributed by atoms with Gasteiger partial charge in [-0.15, -0.1) is 0 Å². The molecule has 0 aliphatic carbocycles. The normalized spacial score (nSPS) is 18.2. The molecule has 10 heteroatoms. The summed E-state index contributed by atoms with van der Waals surface area (Å²) >= 11 is 0. The molecule has 1 aromatic rings. The topological polar surface area (TPSA) is 50.4 Å². The maximum Gasteiger partial charge on any atom is 0.416 e. The van der Waals surface area contributed by atoms with Crippen LogP contribution in [0.3, 0.4) is 0 Å². The van der Waals surface area contributed by atoms with Crippen molar-refractivity contribution >= 4 is 5.91 Å². The summed E-state index contributed by atoms with van der Waals surface area (Å²) in [5.74, 6) is -0.837. The van der Waals surface area contributed by atoms with Gasteiger partial charge in [-0.05, 0) is 37.6 Å². The Morgan fingerprint density at radius 2 is 1.72 bits per heavy atom. The zero-order valence-corrected chi connectivity index (χ0v) is 12.9. The fourth-order valence-corrected chi connectivity index (χ4v) is 2.38. The maximum absolute atomic E-state index is 12.7. The lowest BCUT2D eigenvalue weighted by atomic mass is 10.1. The van der Waals surface area contributed by atoms with E-state index in [4.69, 9.17) is 4.74 Å². The van der Waals surface area contributed by atoms with Crippen LogP contribution in [0.15, 0.2) is 18.2 Å². The smallest absolute Gasteiger partial charge is 0.416 e. The molecule has 1 unspecified atom stereocenters. The van der Waals surface area contributed by atoms with Crippen molar-refractivity contribution in [1.29, 1.82) is 0 Å². The molecule has 25 heavy (non-hydrogen) atoms. The first-order valence-electron chi connectivity index (χ1n) is 7.51. The minimum Gasteiger partial charge on any atom is -0.492 e. The largest absolute Gasteiger partial charge is 0.492 e. The Morgan fingerprint density at radius 1 is 1.12 bits per heavy atom. The van der Waals surface area contributed by atoms with E-state index in [1.54, 1.807) is 0 Å². The zero-order chi connectivity index (χ0) is 18.7. The molecular weight excluding hydrogens is 354 g/mol. The van der Waals surface area contributed by atoms with Crippen LogP contribution in [0, 0.1) is 0 Å². The first-order valence-corrected chi connectivity index (χ1v) is 7.51. The van der Waals surface area contributed by atoms with E-state index in [0.29, 0.717) is 18.6 Å². The van der Waals surface area contributed by atoms with E-state index in [0.717, 1.165) is 13.0 Å². The number of hydrogen-bond donors (Lipinski definition) is 2. The quantitative estimate of drug-likeness (QED) is 0.619. The summed E-state index contributed by atoms with van der Waals surface area (Å²) in [5, 5.41) is 5.47. The molecule has 2 N–H and O–H groups in total. The average molecular weight is 370 g/mol. The molecule has 0 radical (unpaired) electrons. The summed E-state index contributed by atoms with van der Waals surface area (Å²) in [5.41, 5.74) is -2.90. The van der Waals surface area contributed by atoms with Crippen LogP contribution in [-0.4, -0.2) is 31.6 Å². The molecule has 0 aromatic heterocycles. The van der Waals surface area contributed by atoms with Crippen molar-refractivity contribution in [1.82, 2.24) is 10.6 Å². The predicted molar refractivity (Wildman–Crippen MR) is 76.0 cm³/mol. The lowest BCUT2D eigenvalue weighted by Crippen LogP contribution is -2.41. The Labute approximate surface area is 139 Å². The van der Waals surface area contributed by atoms with E-state index in [1.165, 1.54) is 0 Å². The summed E-state index contributed by atoms with van der Waals surface area (Å²) < 4.78 is 81.3. The van der Waals surface area contributed by atoms with Crippen LogP contribution in [0.5, 0.6) is 5.75 Å². The molecule has 1 heterocycles. The lowest BCUT2D eigenvalue weighted by molar-refractivity contribution is -0.143. The summed E-state index contributed by atoms with van der Waals surface area (Å²) in [4.78, 5) is 11.7. The van der Waals surface area contributed by atoms with E-state index in [1.807, 2.05) is 0 Å². The van der Waals surface area contributed by atoms with Crippen molar-refractivity contribution in [3.8, 4) is 5.75 Å². The Bertz CT molecular complexity index is 577. The monoisotopic (exact) mass is 370 g/mol. The Morgan fingerprint density at radius 3 is 2.20 bits per heavy atom. The minimum absolute atomic E-state index is 0.0282. The number of carbonyl (C=O) groups is 1. The summed E-state index contributed by atoms with van der Waals surface area (Å²) in [7, 11) is 0. The molecule has 0 saturated carbocycles. The van der Waals surface area contributed by atoms with Crippen LogP contribution in [0.25, 0.3) is 0 Å². The molecule has 1 aromatic carbocycles. The van der Waals surface area contributed by atoms with Gasteiger partial charge in [-0.1, -0.05) is 0 Å². The number of hydrogen-bond acceptors (Lipinski definition) is 3. The van der Waals surface area contributed by atoms with Crippen LogP contribution in [0.4, 0.5) is 26.3 Å². The SMILES string of the molecule is O=C(NCCOc1cc(C(F)(F)F)cc(C(F)(F)F)c1)C1CCCN1. The third kappa shape index (κ3) is 5.52. The van der Waals surface area contributed by atoms with E-state index in [9.17, 15) is 31.1 Å². The van der Waals surface area contributed by atoms with E-state index < -0.39 is 29.2 Å². The van der Waals surface area contributed by atoms with Crippen molar-refractivity contribution in [2.45, 2.75) is 31.2 Å². The highest BCUT2D eigenvalue weighted by Crippen LogP contribution is 2.38. The van der Waals surface area contributed by atoms with Gasteiger partial charge in [0.2, 0.25) is 5.91 Å². The van der Waals surface area contributed by atoms with Crippen LogP contribution >= 0.6 is 0 Å². The molecule has 2 rings (SSSR count). The third-order valence-electron chi connectivity index (χ3n) is 3.61. The number of benzene rings is 1. The standard InChI is InChI=1S/C15H16F6N2O2/c16-14(17,18)9-6-10(15(19,20)21)8-11(7-9)25-5-4-23-13(24)12-2-1-3-22-12/h6-8,12,22H,1-5H2,(H,23,24). The van der Waals surface area contributed by atoms with E-state index in [2.05, 4.69) is 10.6 Å². The molecule has 1 fully saturated rings. The van der Waals surface area contributed by atoms with Crippen molar-refractivity contribution in [3.05, 3.63) is 29.3 Å². The van der Waals surface area contributed by atoms with Crippen molar-refractivity contribution < 1.29 is 35.9 Å². The second-order valence-electron chi connectivity index (χ2n) is 5.53. The van der Waals surface area contributed by atoms with Crippen molar-refractivity contribution in [2.75, 3.05) is 19.7 Å². The molecule has 1 aliphatic rings. The molecule has 140 valence electrons. The Hall–Kier alpha value is -1.97. The third-order valence-corrected chi connectivity index (χ3v) is 3.61. The van der Waals surface area contributed by atoms with Gasteiger partial charge in [0.15, 0.2) is 0 Å². The van der Waals surface area contributed by atoms with Gasteiger partial charge in [-0.3, -0.25) is 4.79 Å². The minimum atomic E-state index is -4.93. The highest BCUT2D eigenvalue weighted by molar-refractivity contribution is 5.81. The second kappa shape index (κ2) is 7.51. The molecule has 0 spiro atoms. The predicted octanol–water partition coefficient (Wildman–Crippen LogP) is 2.97. The number of halogens is 6. The highest BCUT2D eigenvalue weighted by atomic mass is 19.4. The van der Waals surface area contributed by atoms with Gasteiger partial charge in [0.25, 0.3) is 0 Å². The molecule has 0 bridgehead atoms. The van der Waals surface area contributed by atoms with Crippen LogP contribution in [-0.2, 0) is 17.1 Å². The second-order valence-corrected chi connectivity index (χ2v) is 5.53. The summed E-state index contributed by atoms with van der Waals surface area (Å²) in [6.45, 7) is 0.435. The number of amides is 1. The first kappa shape index (κ1) is 19.4. The van der Waals surface area contributed by atoms with Gasteiger partial charge in [-0.25, -0.2) is 0 Å². The fourth-order valence-electron chi connectivity index (χ4n) is 2.38. The Kier molecular flexibility index (Phi) is 5.81. The number of rotatable bonds is 5. The van der Waals surface area contributed by atoms with Gasteiger partial charge in [-0.2, -0.15) is 26.3 Å². The molecule has 1 amide bonds. The number of nitrogens with one attached hydrogen (secondary N) is 2. The van der Waals surface area contributed by atoms with Crippen LogP contribution < -0.4 is 15.4 Å². The molecule has 1 aliphatic heterocycles. The summed E-state index contributed by atoms with van der Waals surface area (Å²) in [6.07, 6.45) is -8.32. The fraction of sp³-hybridized carbons (Fsp3) is 0.533.